The fourth-order valence-corrected chi connectivity index (χ4v) is 2.12. The molecule has 0 spiro atoms. The second-order valence-corrected chi connectivity index (χ2v) is 4.81. The summed E-state index contributed by atoms with van der Waals surface area (Å²) in [5.41, 5.74) is 0. The largest absolute Gasteiger partial charge is 0.493 e. The van der Waals surface area contributed by atoms with Crippen molar-refractivity contribution >= 4 is 0 Å². The summed E-state index contributed by atoms with van der Waals surface area (Å²) in [6, 6.07) is 15.2. The van der Waals surface area contributed by atoms with Gasteiger partial charge in [-0.25, -0.2) is 0 Å². The van der Waals surface area contributed by atoms with Crippen LogP contribution in [0.4, 0.5) is 0 Å². The first-order valence-corrected chi connectivity index (χ1v) is 7.33. The third-order valence-electron chi connectivity index (χ3n) is 3.21. The lowest BCUT2D eigenvalue weighted by Crippen LogP contribution is -2.32. The van der Waals surface area contributed by atoms with E-state index in [2.05, 4.69) is 0 Å². The van der Waals surface area contributed by atoms with E-state index in [0.29, 0.717) is 13.2 Å². The molecule has 5 heteroatoms. The lowest BCUT2D eigenvalue weighted by molar-refractivity contribution is 0.0272. The summed E-state index contributed by atoms with van der Waals surface area (Å²) in [4.78, 5) is 0. The van der Waals surface area contributed by atoms with Crippen molar-refractivity contribution < 1.29 is 23.7 Å². The summed E-state index contributed by atoms with van der Waals surface area (Å²) in [7, 11) is 4.90. The molecule has 0 saturated heterocycles. The smallest absolute Gasteiger partial charge is 0.161 e. The van der Waals surface area contributed by atoms with E-state index >= 15 is 0 Å². The maximum atomic E-state index is 5.62. The van der Waals surface area contributed by atoms with Crippen molar-refractivity contribution in [3.8, 4) is 23.0 Å². The highest BCUT2D eigenvalue weighted by Gasteiger charge is 2.19. The molecule has 3 rings (SSSR count). The molecule has 132 valence electrons. The minimum Gasteiger partial charge on any atom is -0.493 e. The van der Waals surface area contributed by atoms with Gasteiger partial charge in [-0.1, -0.05) is 31.7 Å². The molecule has 5 nitrogen and oxygen atoms in total. The van der Waals surface area contributed by atoms with Gasteiger partial charge in [-0.15, -0.1) is 0 Å². The van der Waals surface area contributed by atoms with E-state index in [1.54, 1.807) is 21.3 Å². The summed E-state index contributed by atoms with van der Waals surface area (Å²) in [5, 5.41) is 0. The summed E-state index contributed by atoms with van der Waals surface area (Å²) >= 11 is 0. The molecule has 1 heterocycles. The summed E-state index contributed by atoms with van der Waals surface area (Å²) in [6.07, 6.45) is 0.0138. The van der Waals surface area contributed by atoms with Crippen LogP contribution in [0.2, 0.25) is 0 Å². The van der Waals surface area contributed by atoms with E-state index in [0.717, 1.165) is 23.0 Å². The van der Waals surface area contributed by atoms with E-state index in [1.807, 2.05) is 48.5 Å². The number of ether oxygens (including phenoxy) is 5. The van der Waals surface area contributed by atoms with Gasteiger partial charge in [0, 0.05) is 7.11 Å². The molecule has 1 atom stereocenters. The summed E-state index contributed by atoms with van der Waals surface area (Å²) in [6.45, 7) is 1.12. The maximum Gasteiger partial charge on any atom is 0.161 e. The predicted octanol–water partition coefficient (Wildman–Crippen LogP) is 3.81. The molecular weight excluding hydrogens is 308 g/mol. The number of methoxy groups -OCH3 is 3. The first kappa shape index (κ1) is 19.6. The topological polar surface area (TPSA) is 46.2 Å². The Morgan fingerprint density at radius 2 is 1.42 bits per heavy atom. The molecule has 0 fully saturated rings. The number of para-hydroxylation sites is 4. The van der Waals surface area contributed by atoms with Gasteiger partial charge in [0.15, 0.2) is 29.1 Å². The van der Waals surface area contributed by atoms with Gasteiger partial charge in [0.05, 0.1) is 20.8 Å². The van der Waals surface area contributed by atoms with E-state index < -0.39 is 0 Å². The quantitative estimate of drug-likeness (QED) is 0.851. The van der Waals surface area contributed by atoms with Crippen LogP contribution in [-0.2, 0) is 4.74 Å². The molecule has 0 radical (unpaired) electrons. The lowest BCUT2D eigenvalue weighted by atomic mass is 10.3. The SMILES string of the molecule is C.COCC1COc2ccccc2O1.COc1ccccc1OC. The van der Waals surface area contributed by atoms with Crippen LogP contribution in [-0.4, -0.2) is 40.6 Å². The van der Waals surface area contributed by atoms with Gasteiger partial charge in [0.25, 0.3) is 0 Å². The van der Waals surface area contributed by atoms with Crippen LogP contribution in [0.25, 0.3) is 0 Å². The monoisotopic (exact) mass is 334 g/mol. The molecule has 1 aliphatic heterocycles. The third-order valence-corrected chi connectivity index (χ3v) is 3.21. The first-order chi connectivity index (χ1) is 11.3. The third kappa shape index (κ3) is 5.35. The maximum absolute atomic E-state index is 5.62. The van der Waals surface area contributed by atoms with Crippen LogP contribution in [0, 0.1) is 0 Å². The number of rotatable bonds is 4. The molecule has 0 saturated carbocycles. The van der Waals surface area contributed by atoms with E-state index in [9.17, 15) is 0 Å². The molecule has 2 aromatic carbocycles. The molecule has 1 unspecified atom stereocenters. The zero-order valence-corrected chi connectivity index (χ0v) is 13.7. The average Bonchev–Trinajstić information content (AvgIpc) is 2.62. The average molecular weight is 334 g/mol. The Kier molecular flexibility index (Phi) is 8.50. The van der Waals surface area contributed by atoms with Crippen LogP contribution in [0.1, 0.15) is 7.43 Å². The second-order valence-electron chi connectivity index (χ2n) is 4.81. The highest BCUT2D eigenvalue weighted by Crippen LogP contribution is 2.30. The molecular formula is C19H26O5. The fraction of sp³-hybridized carbons (Fsp3) is 0.368. The van der Waals surface area contributed by atoms with Crippen LogP contribution in [0.5, 0.6) is 23.0 Å². The lowest BCUT2D eigenvalue weighted by Gasteiger charge is -2.25. The molecule has 0 bridgehead atoms. The zero-order chi connectivity index (χ0) is 16.5. The zero-order valence-electron chi connectivity index (χ0n) is 13.7. The highest BCUT2D eigenvalue weighted by molar-refractivity contribution is 5.40. The number of hydrogen-bond acceptors (Lipinski definition) is 5. The molecule has 0 aliphatic carbocycles. The van der Waals surface area contributed by atoms with Gasteiger partial charge in [0.1, 0.15) is 6.61 Å². The Labute approximate surface area is 144 Å². The van der Waals surface area contributed by atoms with E-state index in [1.165, 1.54) is 0 Å². The Morgan fingerprint density at radius 3 is 1.96 bits per heavy atom. The van der Waals surface area contributed by atoms with Crippen molar-refractivity contribution in [2.75, 3.05) is 34.5 Å². The van der Waals surface area contributed by atoms with E-state index in [4.69, 9.17) is 23.7 Å². The molecule has 0 amide bonds. The summed E-state index contributed by atoms with van der Waals surface area (Å²) < 4.78 is 26.1. The predicted molar refractivity (Wildman–Crippen MR) is 94.5 cm³/mol. The standard InChI is InChI=1S/C10H12O3.C8H10O2.CH4/c1-11-6-8-7-12-9-4-2-3-5-10(9)13-8;1-9-7-5-3-4-6-8(7)10-2;/h2-5,8H,6-7H2,1H3;3-6H,1-2H3;1H4. The Balaban J connectivity index is 0.000000238. The van der Waals surface area contributed by atoms with Gasteiger partial charge in [-0.3, -0.25) is 0 Å². The molecule has 24 heavy (non-hydrogen) atoms. The van der Waals surface area contributed by atoms with E-state index in [-0.39, 0.29) is 13.5 Å². The van der Waals surface area contributed by atoms with Crippen molar-refractivity contribution in [1.29, 1.82) is 0 Å². The van der Waals surface area contributed by atoms with Crippen molar-refractivity contribution in [2.24, 2.45) is 0 Å². The van der Waals surface area contributed by atoms with Gasteiger partial charge >= 0.3 is 0 Å². The van der Waals surface area contributed by atoms with Crippen LogP contribution in [0.15, 0.2) is 48.5 Å². The minimum atomic E-state index is 0. The Morgan fingerprint density at radius 1 is 0.875 bits per heavy atom. The van der Waals surface area contributed by atoms with Gasteiger partial charge in [0.2, 0.25) is 0 Å². The second kappa shape index (κ2) is 10.4. The Bertz CT molecular complexity index is 577. The van der Waals surface area contributed by atoms with Crippen LogP contribution >= 0.6 is 0 Å². The molecule has 0 aromatic heterocycles. The van der Waals surface area contributed by atoms with Crippen molar-refractivity contribution in [2.45, 2.75) is 13.5 Å². The molecule has 1 aliphatic rings. The van der Waals surface area contributed by atoms with Crippen LogP contribution < -0.4 is 18.9 Å². The number of fused-ring (bicyclic) bond motifs is 1. The van der Waals surface area contributed by atoms with Gasteiger partial charge < -0.3 is 23.7 Å². The first-order valence-electron chi connectivity index (χ1n) is 7.33. The highest BCUT2D eigenvalue weighted by atomic mass is 16.6. The number of benzene rings is 2. The Hall–Kier alpha value is -2.40. The summed E-state index contributed by atoms with van der Waals surface area (Å²) in [5.74, 6) is 3.15. The van der Waals surface area contributed by atoms with Crippen molar-refractivity contribution in [1.82, 2.24) is 0 Å². The minimum absolute atomic E-state index is 0. The van der Waals surface area contributed by atoms with Crippen LogP contribution in [0.3, 0.4) is 0 Å². The van der Waals surface area contributed by atoms with Crippen molar-refractivity contribution in [3.05, 3.63) is 48.5 Å². The number of hydrogen-bond donors (Lipinski definition) is 0. The van der Waals surface area contributed by atoms with Crippen molar-refractivity contribution in [3.63, 3.8) is 0 Å². The normalized spacial score (nSPS) is 14.5. The van der Waals surface area contributed by atoms with Gasteiger partial charge in [-0.05, 0) is 24.3 Å². The molecule has 0 N–H and O–H groups in total. The molecule has 2 aromatic rings. The van der Waals surface area contributed by atoms with Gasteiger partial charge in [-0.2, -0.15) is 0 Å². The fourth-order valence-electron chi connectivity index (χ4n) is 2.12.